The van der Waals surface area contributed by atoms with Crippen molar-refractivity contribution in [2.45, 2.75) is 68.3 Å². The summed E-state index contributed by atoms with van der Waals surface area (Å²) in [5.41, 5.74) is 1.51. The fourth-order valence-electron chi connectivity index (χ4n) is 5.02. The molecular weight excluding hydrogens is 510 g/mol. The van der Waals surface area contributed by atoms with E-state index in [0.717, 1.165) is 54.8 Å². The summed E-state index contributed by atoms with van der Waals surface area (Å²) in [5, 5.41) is 9.36. The van der Waals surface area contributed by atoms with E-state index in [9.17, 15) is 19.0 Å². The maximum absolute atomic E-state index is 11.7. The summed E-state index contributed by atoms with van der Waals surface area (Å²) in [6, 6.07) is 13.8. The molecule has 0 saturated carbocycles. The lowest BCUT2D eigenvalue weighted by Gasteiger charge is -2.42. The van der Waals surface area contributed by atoms with Gasteiger partial charge in [-0.15, -0.1) is 11.8 Å². The Kier molecular flexibility index (Phi) is 10.6. The van der Waals surface area contributed by atoms with Crippen molar-refractivity contribution >= 4 is 39.7 Å². The van der Waals surface area contributed by atoms with E-state index in [1.54, 1.807) is 6.07 Å². The third-order valence-electron chi connectivity index (χ3n) is 7.03. The van der Waals surface area contributed by atoms with Gasteiger partial charge >= 0.3 is 5.97 Å². The van der Waals surface area contributed by atoms with Crippen LogP contribution in [-0.2, 0) is 9.53 Å². The minimum atomic E-state index is -3.17. The van der Waals surface area contributed by atoms with Crippen molar-refractivity contribution in [2.24, 2.45) is 5.41 Å². The first kappa shape index (κ1) is 29.6. The van der Waals surface area contributed by atoms with E-state index in [2.05, 4.69) is 30.9 Å². The lowest BCUT2D eigenvalue weighted by atomic mass is 9.79. The SMILES string of the molecule is CCCCC1(CCCC)CN(c2ccccc2)c2cc(SC)c(OCC(OC)C(=O)O)cc2S(O)(O)C1. The molecule has 206 valence electrons. The molecule has 0 radical (unpaired) electrons. The number of carboxylic acid groups (broad SMARTS) is 1. The Morgan fingerprint density at radius 2 is 1.78 bits per heavy atom. The zero-order valence-corrected chi connectivity index (χ0v) is 23.9. The molecule has 2 aromatic rings. The Labute approximate surface area is 226 Å². The van der Waals surface area contributed by atoms with E-state index in [4.69, 9.17) is 9.47 Å². The van der Waals surface area contributed by atoms with Crippen LogP contribution in [0.3, 0.4) is 0 Å². The molecule has 1 heterocycles. The number of nitrogens with zero attached hydrogens (tertiary/aromatic N) is 1. The monoisotopic (exact) mass is 551 g/mol. The van der Waals surface area contributed by atoms with E-state index >= 15 is 0 Å². The van der Waals surface area contributed by atoms with Gasteiger partial charge in [-0.1, -0.05) is 57.7 Å². The van der Waals surface area contributed by atoms with Crippen LogP contribution in [0.2, 0.25) is 0 Å². The molecule has 1 unspecified atom stereocenters. The average Bonchev–Trinajstić information content (AvgIpc) is 2.98. The highest BCUT2D eigenvalue weighted by Crippen LogP contribution is 2.62. The van der Waals surface area contributed by atoms with Crippen molar-refractivity contribution < 1.29 is 28.5 Å². The molecule has 1 aliphatic rings. The van der Waals surface area contributed by atoms with Crippen molar-refractivity contribution in [2.75, 3.05) is 37.2 Å². The predicted molar refractivity (Wildman–Crippen MR) is 153 cm³/mol. The largest absolute Gasteiger partial charge is 0.489 e. The van der Waals surface area contributed by atoms with Gasteiger partial charge in [0.2, 0.25) is 0 Å². The first-order valence-electron chi connectivity index (χ1n) is 12.9. The van der Waals surface area contributed by atoms with Crippen LogP contribution in [0.25, 0.3) is 0 Å². The number of benzene rings is 2. The van der Waals surface area contributed by atoms with Crippen molar-refractivity contribution in [1.29, 1.82) is 0 Å². The lowest BCUT2D eigenvalue weighted by molar-refractivity contribution is -0.150. The summed E-state index contributed by atoms with van der Waals surface area (Å²) in [5.74, 6) is -0.388. The highest BCUT2D eigenvalue weighted by atomic mass is 32.3. The van der Waals surface area contributed by atoms with Gasteiger partial charge in [-0.2, -0.15) is 10.6 Å². The number of fused-ring (bicyclic) bond motifs is 1. The number of carbonyl (C=O) groups is 1. The number of anilines is 2. The molecule has 9 heteroatoms. The van der Waals surface area contributed by atoms with Gasteiger partial charge in [0.25, 0.3) is 0 Å². The van der Waals surface area contributed by atoms with Crippen molar-refractivity contribution in [3.63, 3.8) is 0 Å². The van der Waals surface area contributed by atoms with Gasteiger partial charge in [0.1, 0.15) is 12.4 Å². The summed E-state index contributed by atoms with van der Waals surface area (Å²) >= 11 is 1.47. The Morgan fingerprint density at radius 1 is 1.14 bits per heavy atom. The van der Waals surface area contributed by atoms with Gasteiger partial charge in [-0.3, -0.25) is 9.11 Å². The fraction of sp³-hybridized carbons (Fsp3) is 0.536. The predicted octanol–water partition coefficient (Wildman–Crippen LogP) is 7.51. The molecule has 7 nitrogen and oxygen atoms in total. The van der Waals surface area contributed by atoms with Gasteiger partial charge in [0.15, 0.2) is 6.10 Å². The van der Waals surface area contributed by atoms with E-state index in [0.29, 0.717) is 22.9 Å². The van der Waals surface area contributed by atoms with E-state index in [-0.39, 0.29) is 12.0 Å². The van der Waals surface area contributed by atoms with Crippen molar-refractivity contribution in [3.05, 3.63) is 42.5 Å². The zero-order chi connectivity index (χ0) is 27.1. The van der Waals surface area contributed by atoms with Gasteiger partial charge < -0.3 is 19.5 Å². The quantitative estimate of drug-likeness (QED) is 0.220. The van der Waals surface area contributed by atoms with E-state index in [1.165, 1.54) is 18.9 Å². The second-order valence-electron chi connectivity index (χ2n) is 9.78. The van der Waals surface area contributed by atoms with Crippen LogP contribution in [0.5, 0.6) is 5.75 Å². The lowest BCUT2D eigenvalue weighted by Crippen LogP contribution is -2.37. The van der Waals surface area contributed by atoms with Crippen molar-refractivity contribution in [3.8, 4) is 5.75 Å². The number of hydrogen-bond donors (Lipinski definition) is 3. The molecule has 0 aromatic heterocycles. The number of unbranched alkanes of at least 4 members (excludes halogenated alkanes) is 2. The number of para-hydroxylation sites is 1. The molecule has 2 aromatic carbocycles. The number of hydrogen-bond acceptors (Lipinski definition) is 7. The van der Waals surface area contributed by atoms with Crippen LogP contribution in [-0.4, -0.2) is 58.6 Å². The number of ether oxygens (including phenoxy) is 2. The van der Waals surface area contributed by atoms with Gasteiger partial charge in [-0.25, -0.2) is 4.79 Å². The number of thioether (sulfide) groups is 1. The van der Waals surface area contributed by atoms with Crippen molar-refractivity contribution in [1.82, 2.24) is 0 Å². The zero-order valence-electron chi connectivity index (χ0n) is 22.3. The smallest absolute Gasteiger partial charge is 0.336 e. The molecular formula is C28H41NO6S2. The molecule has 0 fully saturated rings. The van der Waals surface area contributed by atoms with E-state index in [1.807, 2.05) is 30.5 Å². The third-order valence-corrected chi connectivity index (χ3v) is 9.83. The normalized spacial score (nSPS) is 17.9. The molecule has 0 bridgehead atoms. The van der Waals surface area contributed by atoms with Crippen LogP contribution >= 0.6 is 22.4 Å². The molecule has 0 amide bonds. The fourth-order valence-corrected chi connectivity index (χ4v) is 7.76. The second-order valence-corrected chi connectivity index (χ2v) is 12.7. The minimum absolute atomic E-state index is 0.184. The van der Waals surface area contributed by atoms with Gasteiger partial charge in [0.05, 0.1) is 15.5 Å². The highest BCUT2D eigenvalue weighted by molar-refractivity contribution is 8.24. The molecule has 0 saturated heterocycles. The summed E-state index contributed by atoms with van der Waals surface area (Å²) in [4.78, 5) is 14.9. The standard InChI is InChI=1S/C28H41NO6S2/c1-5-7-14-28(15-8-6-2)19-29(21-12-10-9-11-13-21)22-16-25(36-4)23(17-26(22)37(32,33)20-28)35-18-24(34-3)27(30)31/h9-13,16-17,24,32-33H,5-8,14-15,18-20H2,1-4H3,(H,30,31). The molecule has 0 spiro atoms. The maximum Gasteiger partial charge on any atom is 0.336 e. The summed E-state index contributed by atoms with van der Waals surface area (Å²) in [7, 11) is -1.85. The van der Waals surface area contributed by atoms with E-state index < -0.39 is 22.7 Å². The summed E-state index contributed by atoms with van der Waals surface area (Å²) in [6.45, 7) is 4.85. The van der Waals surface area contributed by atoms with Gasteiger partial charge in [-0.05, 0) is 37.3 Å². The average molecular weight is 552 g/mol. The van der Waals surface area contributed by atoms with Crippen LogP contribution in [0.15, 0.2) is 52.3 Å². The number of carboxylic acids is 1. The Morgan fingerprint density at radius 3 is 2.32 bits per heavy atom. The molecule has 37 heavy (non-hydrogen) atoms. The highest BCUT2D eigenvalue weighted by Gasteiger charge is 2.42. The first-order valence-corrected chi connectivity index (χ1v) is 15.8. The summed E-state index contributed by atoms with van der Waals surface area (Å²) < 4.78 is 34.4. The van der Waals surface area contributed by atoms with Crippen LogP contribution in [0.1, 0.15) is 52.4 Å². The third kappa shape index (κ3) is 7.15. The molecule has 3 N–H and O–H groups in total. The Bertz CT molecular complexity index is 1020. The Balaban J connectivity index is 2.16. The number of aliphatic carboxylic acids is 1. The topological polar surface area (TPSA) is 99.5 Å². The number of methoxy groups -OCH3 is 1. The molecule has 3 rings (SSSR count). The molecule has 1 aliphatic heterocycles. The second kappa shape index (κ2) is 13.2. The minimum Gasteiger partial charge on any atom is -0.489 e. The number of rotatable bonds is 13. The maximum atomic E-state index is 11.7. The van der Waals surface area contributed by atoms with Gasteiger partial charge in [0, 0.05) is 36.6 Å². The summed E-state index contributed by atoms with van der Waals surface area (Å²) in [6.07, 6.45) is 6.78. The molecule has 1 atom stereocenters. The first-order chi connectivity index (χ1) is 17.7. The molecule has 0 aliphatic carbocycles. The Hall–Kier alpha value is -1.91. The van der Waals surface area contributed by atoms with Crippen LogP contribution in [0, 0.1) is 5.41 Å². The van der Waals surface area contributed by atoms with Crippen LogP contribution < -0.4 is 9.64 Å². The van der Waals surface area contributed by atoms with Crippen LogP contribution in [0.4, 0.5) is 11.4 Å².